The summed E-state index contributed by atoms with van der Waals surface area (Å²) in [7, 11) is -3.86. The molecule has 2 aromatic carbocycles. The molecule has 154 valence electrons. The fourth-order valence-corrected chi connectivity index (χ4v) is 4.00. The Morgan fingerprint density at radius 1 is 1.24 bits per heavy atom. The van der Waals surface area contributed by atoms with Crippen molar-refractivity contribution in [3.05, 3.63) is 54.1 Å². The molecule has 2 amide bonds. The fraction of sp³-hybridized carbons (Fsp3) is 0.263. The van der Waals surface area contributed by atoms with Crippen LogP contribution in [0.4, 0.5) is 11.4 Å². The van der Waals surface area contributed by atoms with Crippen molar-refractivity contribution in [3.63, 3.8) is 0 Å². The van der Waals surface area contributed by atoms with E-state index in [1.165, 1.54) is 0 Å². The lowest BCUT2D eigenvalue weighted by molar-refractivity contribution is -0.126. The van der Waals surface area contributed by atoms with E-state index >= 15 is 0 Å². The predicted molar refractivity (Wildman–Crippen MR) is 114 cm³/mol. The largest absolute Gasteiger partial charge is 0.352 e. The van der Waals surface area contributed by atoms with Crippen LogP contribution in [0, 0.1) is 5.92 Å². The molecule has 29 heavy (non-hydrogen) atoms. The predicted octanol–water partition coefficient (Wildman–Crippen LogP) is 1.69. The Hall–Kier alpha value is -2.56. The summed E-state index contributed by atoms with van der Waals surface area (Å²) in [5, 5.41) is 7.78. The monoisotopic (exact) mass is 434 g/mol. The third kappa shape index (κ3) is 5.72. The molecule has 1 saturated heterocycles. The van der Waals surface area contributed by atoms with Crippen LogP contribution in [-0.2, 0) is 26.3 Å². The molecular weight excluding hydrogens is 412 g/mol. The van der Waals surface area contributed by atoms with Gasteiger partial charge < -0.3 is 10.2 Å². The highest BCUT2D eigenvalue weighted by atomic mass is 32.2. The number of carbonyl (C=O) groups excluding carboxylic acids is 2. The molecule has 8 nitrogen and oxygen atoms in total. The molecule has 3 rings (SSSR count). The first-order chi connectivity index (χ1) is 13.7. The Labute approximate surface area is 174 Å². The molecule has 0 radical (unpaired) electrons. The van der Waals surface area contributed by atoms with Crippen molar-refractivity contribution in [2.75, 3.05) is 22.4 Å². The van der Waals surface area contributed by atoms with Crippen molar-refractivity contribution in [1.82, 2.24) is 5.32 Å². The van der Waals surface area contributed by atoms with Crippen LogP contribution in [0.5, 0.6) is 0 Å². The molecular formula is C19H22N4O4S2. The van der Waals surface area contributed by atoms with Gasteiger partial charge in [0.2, 0.25) is 11.8 Å². The number of hydrogen-bond acceptors (Lipinski definition) is 5. The Morgan fingerprint density at radius 3 is 2.62 bits per heavy atom. The molecule has 1 atom stereocenters. The van der Waals surface area contributed by atoms with Crippen molar-refractivity contribution in [2.24, 2.45) is 11.1 Å². The molecule has 2 aromatic rings. The normalized spacial score (nSPS) is 16.7. The lowest BCUT2D eigenvalue weighted by Gasteiger charge is -2.17. The molecule has 0 unspecified atom stereocenters. The van der Waals surface area contributed by atoms with Gasteiger partial charge in [0.25, 0.3) is 10.2 Å². The summed E-state index contributed by atoms with van der Waals surface area (Å²) < 4.78 is 24.4. The van der Waals surface area contributed by atoms with Crippen molar-refractivity contribution >= 4 is 45.2 Å². The average Bonchev–Trinajstić information content (AvgIpc) is 3.07. The summed E-state index contributed by atoms with van der Waals surface area (Å²) in [5.74, 6) is -0.735. The minimum atomic E-state index is -3.86. The third-order valence-electron chi connectivity index (χ3n) is 4.53. The maximum Gasteiger partial charge on any atom is 0.296 e. The van der Waals surface area contributed by atoms with E-state index in [0.717, 1.165) is 10.6 Å². The Kier molecular flexibility index (Phi) is 6.46. The molecule has 0 spiro atoms. The van der Waals surface area contributed by atoms with Gasteiger partial charge in [0, 0.05) is 30.1 Å². The van der Waals surface area contributed by atoms with Crippen LogP contribution in [0.25, 0.3) is 0 Å². The first-order valence-electron chi connectivity index (χ1n) is 8.87. The van der Waals surface area contributed by atoms with E-state index in [4.69, 9.17) is 5.14 Å². The van der Waals surface area contributed by atoms with E-state index in [1.807, 2.05) is 30.5 Å². The van der Waals surface area contributed by atoms with Crippen LogP contribution in [-0.4, -0.2) is 33.0 Å². The van der Waals surface area contributed by atoms with Crippen LogP contribution < -0.4 is 20.1 Å². The first kappa shape index (κ1) is 21.2. The lowest BCUT2D eigenvalue weighted by atomic mass is 10.1. The van der Waals surface area contributed by atoms with Crippen LogP contribution in [0.1, 0.15) is 12.0 Å². The summed E-state index contributed by atoms with van der Waals surface area (Å²) in [5.41, 5.74) is 1.81. The number of anilines is 2. The Balaban J connectivity index is 1.59. The molecule has 0 aliphatic carbocycles. The zero-order valence-corrected chi connectivity index (χ0v) is 17.4. The first-order valence-corrected chi connectivity index (χ1v) is 11.6. The van der Waals surface area contributed by atoms with E-state index in [2.05, 4.69) is 10.0 Å². The van der Waals surface area contributed by atoms with Crippen LogP contribution in [0.2, 0.25) is 0 Å². The van der Waals surface area contributed by atoms with Gasteiger partial charge in [0.15, 0.2) is 0 Å². The standard InChI is InChI=1S/C19H22N4O4S2/c1-28-17-7-5-16(6-8-17)23-12-14(10-18(23)24)19(25)21-11-13-3-2-4-15(9-13)22-29(20,26)27/h2-9,14,22H,10-12H2,1H3,(H,21,25)(H2,20,26,27)/t14-/m0/s1. The van der Waals surface area contributed by atoms with Gasteiger partial charge in [-0.2, -0.15) is 8.42 Å². The number of hydrogen-bond donors (Lipinski definition) is 3. The molecule has 1 heterocycles. The number of carbonyl (C=O) groups is 2. The minimum Gasteiger partial charge on any atom is -0.352 e. The van der Waals surface area contributed by atoms with E-state index in [1.54, 1.807) is 40.9 Å². The van der Waals surface area contributed by atoms with E-state index in [9.17, 15) is 18.0 Å². The average molecular weight is 435 g/mol. The van der Waals surface area contributed by atoms with E-state index in [-0.39, 0.29) is 24.8 Å². The Bertz CT molecular complexity index is 1010. The van der Waals surface area contributed by atoms with Gasteiger partial charge in [-0.25, -0.2) is 5.14 Å². The second-order valence-electron chi connectivity index (χ2n) is 6.67. The van der Waals surface area contributed by atoms with Crippen molar-refractivity contribution in [3.8, 4) is 0 Å². The maximum atomic E-state index is 12.5. The summed E-state index contributed by atoms with van der Waals surface area (Å²) in [6.07, 6.45) is 2.14. The van der Waals surface area contributed by atoms with E-state index in [0.29, 0.717) is 17.8 Å². The highest BCUT2D eigenvalue weighted by molar-refractivity contribution is 7.98. The van der Waals surface area contributed by atoms with Gasteiger partial charge in [0.05, 0.1) is 11.6 Å². The molecule has 10 heteroatoms. The van der Waals surface area contributed by atoms with Gasteiger partial charge in [-0.1, -0.05) is 12.1 Å². The van der Waals surface area contributed by atoms with Gasteiger partial charge >= 0.3 is 0 Å². The maximum absolute atomic E-state index is 12.5. The fourth-order valence-electron chi connectivity index (χ4n) is 3.14. The van der Waals surface area contributed by atoms with Crippen molar-refractivity contribution in [2.45, 2.75) is 17.9 Å². The van der Waals surface area contributed by atoms with Crippen molar-refractivity contribution < 1.29 is 18.0 Å². The topological polar surface area (TPSA) is 122 Å². The Morgan fingerprint density at radius 2 is 1.97 bits per heavy atom. The van der Waals surface area contributed by atoms with Crippen LogP contribution in [0.3, 0.4) is 0 Å². The van der Waals surface area contributed by atoms with Crippen LogP contribution in [0.15, 0.2) is 53.4 Å². The zero-order valence-electron chi connectivity index (χ0n) is 15.8. The SMILES string of the molecule is CSc1ccc(N2C[C@@H](C(=O)NCc3cccc(NS(N)(=O)=O)c3)CC2=O)cc1. The zero-order chi connectivity index (χ0) is 21.0. The summed E-state index contributed by atoms with van der Waals surface area (Å²) in [6, 6.07) is 14.2. The number of rotatable bonds is 7. The van der Waals surface area contributed by atoms with Gasteiger partial charge in [0.1, 0.15) is 0 Å². The molecule has 0 aromatic heterocycles. The highest BCUT2D eigenvalue weighted by Crippen LogP contribution is 2.27. The smallest absolute Gasteiger partial charge is 0.296 e. The molecule has 0 saturated carbocycles. The van der Waals surface area contributed by atoms with Crippen LogP contribution >= 0.6 is 11.8 Å². The molecule has 1 aliphatic heterocycles. The van der Waals surface area contributed by atoms with E-state index < -0.39 is 16.1 Å². The lowest BCUT2D eigenvalue weighted by Crippen LogP contribution is -2.32. The summed E-state index contributed by atoms with van der Waals surface area (Å²) >= 11 is 1.62. The quantitative estimate of drug-likeness (QED) is 0.573. The summed E-state index contributed by atoms with van der Waals surface area (Å²) in [4.78, 5) is 27.6. The highest BCUT2D eigenvalue weighted by Gasteiger charge is 2.34. The second-order valence-corrected chi connectivity index (χ2v) is 8.84. The molecule has 1 aliphatic rings. The van der Waals surface area contributed by atoms with Gasteiger partial charge in [-0.15, -0.1) is 11.8 Å². The number of nitrogens with one attached hydrogen (secondary N) is 2. The third-order valence-corrected chi connectivity index (χ3v) is 5.80. The number of nitrogens with zero attached hydrogens (tertiary/aromatic N) is 1. The molecule has 0 bridgehead atoms. The van der Waals surface area contributed by atoms with Gasteiger partial charge in [-0.05, 0) is 48.2 Å². The molecule has 1 fully saturated rings. The van der Waals surface area contributed by atoms with Gasteiger partial charge in [-0.3, -0.25) is 14.3 Å². The number of benzene rings is 2. The summed E-state index contributed by atoms with van der Waals surface area (Å²) in [6.45, 7) is 0.544. The number of amides is 2. The minimum absolute atomic E-state index is 0.0820. The number of thioether (sulfide) groups is 1. The second kappa shape index (κ2) is 8.85. The molecule has 4 N–H and O–H groups in total. The number of nitrogens with two attached hydrogens (primary N) is 1. The van der Waals surface area contributed by atoms with Crippen molar-refractivity contribution in [1.29, 1.82) is 0 Å².